The highest BCUT2D eigenvalue weighted by atomic mass is 32.1. The fourth-order valence-electron chi connectivity index (χ4n) is 1.73. The second-order valence-electron chi connectivity index (χ2n) is 4.34. The molecule has 0 amide bonds. The lowest BCUT2D eigenvalue weighted by molar-refractivity contribution is 0.0697. The number of methoxy groups -OCH3 is 1. The molecule has 6 nitrogen and oxygen atoms in total. The number of benzene rings is 2. The van der Waals surface area contributed by atoms with E-state index >= 15 is 0 Å². The van der Waals surface area contributed by atoms with Crippen molar-refractivity contribution in [2.45, 2.75) is 0 Å². The Morgan fingerprint density at radius 2 is 1.82 bits per heavy atom. The molecule has 0 radical (unpaired) electrons. The Kier molecular flexibility index (Phi) is 4.80. The van der Waals surface area contributed by atoms with Crippen molar-refractivity contribution < 1.29 is 19.7 Å². The molecule has 0 atom stereocenters. The summed E-state index contributed by atoms with van der Waals surface area (Å²) < 4.78 is 5.06. The minimum absolute atomic E-state index is 0.0487. The average Bonchev–Trinajstić information content (AvgIpc) is 2.50. The number of aromatic carboxylic acids is 1. The highest BCUT2D eigenvalue weighted by Crippen LogP contribution is 2.24. The number of phenols is 1. The molecule has 2 aromatic carbocycles. The van der Waals surface area contributed by atoms with E-state index in [0.717, 1.165) is 11.4 Å². The Hall–Kier alpha value is -2.80. The van der Waals surface area contributed by atoms with Crippen LogP contribution < -0.4 is 15.4 Å². The fraction of sp³-hybridized carbons (Fsp3) is 0.0667. The first-order valence-corrected chi connectivity index (χ1v) is 6.69. The van der Waals surface area contributed by atoms with Gasteiger partial charge in [-0.05, 0) is 54.7 Å². The molecule has 0 saturated heterocycles. The van der Waals surface area contributed by atoms with Gasteiger partial charge < -0.3 is 25.6 Å². The third-order valence-corrected chi connectivity index (χ3v) is 3.04. The van der Waals surface area contributed by atoms with Crippen LogP contribution in [-0.2, 0) is 0 Å². The molecular weight excluding hydrogens is 304 g/mol. The van der Waals surface area contributed by atoms with Crippen molar-refractivity contribution >= 4 is 34.7 Å². The van der Waals surface area contributed by atoms with Crippen LogP contribution in [0.1, 0.15) is 10.4 Å². The van der Waals surface area contributed by atoms with Crippen LogP contribution in [0.3, 0.4) is 0 Å². The number of anilines is 2. The predicted octanol–water partition coefficient (Wildman–Crippen LogP) is 2.91. The summed E-state index contributed by atoms with van der Waals surface area (Å²) in [5.74, 6) is -0.461. The van der Waals surface area contributed by atoms with Crippen LogP contribution >= 0.6 is 12.2 Å². The summed E-state index contributed by atoms with van der Waals surface area (Å²) in [5.41, 5.74) is 0.991. The van der Waals surface area contributed by atoms with Gasteiger partial charge in [-0.25, -0.2) is 4.79 Å². The van der Waals surface area contributed by atoms with Crippen molar-refractivity contribution in [2.24, 2.45) is 0 Å². The molecule has 2 aromatic rings. The molecule has 7 heteroatoms. The number of thiocarbonyl (C=S) groups is 1. The Morgan fingerprint density at radius 1 is 1.14 bits per heavy atom. The number of aromatic hydroxyl groups is 1. The van der Waals surface area contributed by atoms with Crippen LogP contribution in [0.15, 0.2) is 42.5 Å². The van der Waals surface area contributed by atoms with Crippen molar-refractivity contribution in [1.29, 1.82) is 0 Å². The van der Waals surface area contributed by atoms with Crippen molar-refractivity contribution in [2.75, 3.05) is 17.7 Å². The van der Waals surface area contributed by atoms with Crippen LogP contribution in [0.5, 0.6) is 11.5 Å². The number of hydrogen-bond acceptors (Lipinski definition) is 4. The standard InChI is InChI=1S/C15H14N2O4S/c1-21-11-5-3-10(4-6-11)16-15(22)17-12-8-9(14(19)20)2-7-13(12)18/h2-8,18H,1H3,(H,19,20)(H2,16,17,22). The van der Waals surface area contributed by atoms with E-state index in [2.05, 4.69) is 10.6 Å². The molecule has 0 aromatic heterocycles. The number of rotatable bonds is 4. The van der Waals surface area contributed by atoms with E-state index in [9.17, 15) is 9.90 Å². The molecule has 2 rings (SSSR count). The minimum Gasteiger partial charge on any atom is -0.506 e. The first-order chi connectivity index (χ1) is 10.5. The van der Waals surface area contributed by atoms with E-state index in [-0.39, 0.29) is 22.1 Å². The second kappa shape index (κ2) is 6.77. The molecule has 0 aliphatic carbocycles. The maximum atomic E-state index is 10.9. The Labute approximate surface area is 132 Å². The first kappa shape index (κ1) is 15.6. The highest BCUT2D eigenvalue weighted by molar-refractivity contribution is 7.80. The molecule has 4 N–H and O–H groups in total. The van der Waals surface area contributed by atoms with Gasteiger partial charge in [0.2, 0.25) is 0 Å². The summed E-state index contributed by atoms with van der Waals surface area (Å²) in [6.07, 6.45) is 0. The van der Waals surface area contributed by atoms with Gasteiger partial charge in [0.25, 0.3) is 0 Å². The topological polar surface area (TPSA) is 90.8 Å². The average molecular weight is 318 g/mol. The van der Waals surface area contributed by atoms with Crippen LogP contribution in [0, 0.1) is 0 Å². The largest absolute Gasteiger partial charge is 0.506 e. The molecule has 0 bridgehead atoms. The molecule has 114 valence electrons. The first-order valence-electron chi connectivity index (χ1n) is 6.28. The zero-order valence-corrected chi connectivity index (χ0v) is 12.5. The summed E-state index contributed by atoms with van der Waals surface area (Å²) in [4.78, 5) is 10.9. The lowest BCUT2D eigenvalue weighted by Gasteiger charge is -2.12. The molecule has 0 aliphatic rings. The van der Waals surface area contributed by atoms with E-state index in [1.165, 1.54) is 18.2 Å². The quantitative estimate of drug-likeness (QED) is 0.509. The zero-order chi connectivity index (χ0) is 16.1. The monoisotopic (exact) mass is 318 g/mol. The predicted molar refractivity (Wildman–Crippen MR) is 87.9 cm³/mol. The molecule has 0 spiro atoms. The summed E-state index contributed by atoms with van der Waals surface area (Å²) in [7, 11) is 1.58. The zero-order valence-electron chi connectivity index (χ0n) is 11.7. The van der Waals surface area contributed by atoms with Gasteiger partial charge in [-0.2, -0.15) is 0 Å². The SMILES string of the molecule is COc1ccc(NC(=S)Nc2cc(C(=O)O)ccc2O)cc1. The molecule has 0 fully saturated rings. The second-order valence-corrected chi connectivity index (χ2v) is 4.75. The number of carboxylic acids is 1. The van der Waals surface area contributed by atoms with Crippen LogP contribution in [0.4, 0.5) is 11.4 Å². The van der Waals surface area contributed by atoms with Crippen LogP contribution in [0.25, 0.3) is 0 Å². The Bertz CT molecular complexity index is 701. The van der Waals surface area contributed by atoms with Crippen molar-refractivity contribution in [3.05, 3.63) is 48.0 Å². The maximum absolute atomic E-state index is 10.9. The van der Waals surface area contributed by atoms with Crippen molar-refractivity contribution in [1.82, 2.24) is 0 Å². The van der Waals surface area contributed by atoms with Crippen molar-refractivity contribution in [3.8, 4) is 11.5 Å². The Morgan fingerprint density at radius 3 is 2.41 bits per heavy atom. The fourth-order valence-corrected chi connectivity index (χ4v) is 1.96. The van der Waals surface area contributed by atoms with E-state index in [1.807, 2.05) is 0 Å². The smallest absolute Gasteiger partial charge is 0.335 e. The summed E-state index contributed by atoms with van der Waals surface area (Å²) >= 11 is 5.14. The van der Waals surface area contributed by atoms with Gasteiger partial charge in [0.15, 0.2) is 5.11 Å². The number of carbonyl (C=O) groups is 1. The van der Waals surface area contributed by atoms with E-state index in [0.29, 0.717) is 0 Å². The van der Waals surface area contributed by atoms with Gasteiger partial charge in [-0.3, -0.25) is 0 Å². The lowest BCUT2D eigenvalue weighted by atomic mass is 10.2. The molecule has 0 saturated carbocycles. The third kappa shape index (κ3) is 3.86. The maximum Gasteiger partial charge on any atom is 0.335 e. The number of phenolic OH excluding ortho intramolecular Hbond substituents is 1. The molecule has 22 heavy (non-hydrogen) atoms. The molecular formula is C15H14N2O4S. The summed E-state index contributed by atoms with van der Waals surface area (Å²) in [5, 5.41) is 24.6. The molecule has 0 aliphatic heterocycles. The lowest BCUT2D eigenvalue weighted by Crippen LogP contribution is -2.19. The van der Waals surface area contributed by atoms with Gasteiger partial charge >= 0.3 is 5.97 Å². The van der Waals surface area contributed by atoms with Crippen molar-refractivity contribution in [3.63, 3.8) is 0 Å². The highest BCUT2D eigenvalue weighted by Gasteiger charge is 2.09. The minimum atomic E-state index is -1.09. The van der Waals surface area contributed by atoms with E-state index < -0.39 is 5.97 Å². The van der Waals surface area contributed by atoms with Crippen LogP contribution in [0.2, 0.25) is 0 Å². The van der Waals surface area contributed by atoms with Gasteiger partial charge in [0.1, 0.15) is 11.5 Å². The van der Waals surface area contributed by atoms with Gasteiger partial charge in [-0.1, -0.05) is 0 Å². The molecule has 0 unspecified atom stereocenters. The summed E-state index contributed by atoms with van der Waals surface area (Å²) in [6.45, 7) is 0. The number of carboxylic acid groups (broad SMARTS) is 1. The Balaban J connectivity index is 2.08. The third-order valence-electron chi connectivity index (χ3n) is 2.84. The van der Waals surface area contributed by atoms with E-state index in [4.69, 9.17) is 22.1 Å². The van der Waals surface area contributed by atoms with E-state index in [1.54, 1.807) is 31.4 Å². The molecule has 0 heterocycles. The number of hydrogen-bond donors (Lipinski definition) is 4. The normalized spacial score (nSPS) is 9.86. The van der Waals surface area contributed by atoms with Gasteiger partial charge in [0.05, 0.1) is 18.4 Å². The number of nitrogens with one attached hydrogen (secondary N) is 2. The van der Waals surface area contributed by atoms with Gasteiger partial charge in [0, 0.05) is 5.69 Å². The number of ether oxygens (including phenoxy) is 1. The summed E-state index contributed by atoms with van der Waals surface area (Å²) in [6, 6.07) is 11.0. The van der Waals surface area contributed by atoms with Gasteiger partial charge in [-0.15, -0.1) is 0 Å². The van der Waals surface area contributed by atoms with Crippen LogP contribution in [-0.4, -0.2) is 28.4 Å².